The normalized spacial score (nSPS) is 17.5. The molecular weight excluding hydrogens is 309 g/mol. The summed E-state index contributed by atoms with van der Waals surface area (Å²) < 4.78 is 68.1. The maximum absolute atomic E-state index is 12.8. The zero-order valence-electron chi connectivity index (χ0n) is 11.3. The van der Waals surface area contributed by atoms with Crippen LogP contribution in [0.4, 0.5) is 13.2 Å². The van der Waals surface area contributed by atoms with Crippen LogP contribution in [0.15, 0.2) is 18.3 Å². The molecule has 1 aliphatic heterocycles. The summed E-state index contributed by atoms with van der Waals surface area (Å²) in [5, 5.41) is 0. The number of alkyl halides is 3. The highest BCUT2D eigenvalue weighted by atomic mass is 32.2. The highest BCUT2D eigenvalue weighted by Crippen LogP contribution is 2.35. The zero-order valence-corrected chi connectivity index (χ0v) is 12.1. The second-order valence-electron chi connectivity index (χ2n) is 4.73. The quantitative estimate of drug-likeness (QED) is 0.830. The minimum Gasteiger partial charge on any atom is -0.471 e. The van der Waals surface area contributed by atoms with Gasteiger partial charge in [0.25, 0.3) is 0 Å². The molecular formula is C12H15F3N2O3S. The van der Waals surface area contributed by atoms with E-state index in [2.05, 4.69) is 4.98 Å². The van der Waals surface area contributed by atoms with Crippen molar-refractivity contribution in [3.8, 4) is 5.88 Å². The number of rotatable bonds is 5. The molecule has 118 valence electrons. The first-order valence-corrected chi connectivity index (χ1v) is 8.01. The Balaban J connectivity index is 2.01. The standard InChI is InChI=1S/C12H15F3N2O3S/c1-2-6-21(18,19)17-7-9(8-17)20-11-10(12(13,14)15)4-3-5-16-11/h3-5,9H,2,6-8H2,1H3. The maximum atomic E-state index is 12.8. The molecule has 21 heavy (non-hydrogen) atoms. The summed E-state index contributed by atoms with van der Waals surface area (Å²) in [6, 6.07) is 2.06. The van der Waals surface area contributed by atoms with E-state index in [-0.39, 0.29) is 18.8 Å². The van der Waals surface area contributed by atoms with Crippen LogP contribution >= 0.6 is 0 Å². The lowest BCUT2D eigenvalue weighted by Gasteiger charge is -2.37. The number of aromatic nitrogens is 1. The Kier molecular flexibility index (Phi) is 4.43. The Morgan fingerprint density at radius 2 is 2.10 bits per heavy atom. The summed E-state index contributed by atoms with van der Waals surface area (Å²) in [5.41, 5.74) is -0.958. The smallest absolute Gasteiger partial charge is 0.421 e. The van der Waals surface area contributed by atoms with E-state index in [1.54, 1.807) is 6.92 Å². The van der Waals surface area contributed by atoms with E-state index in [4.69, 9.17) is 4.74 Å². The van der Waals surface area contributed by atoms with Gasteiger partial charge < -0.3 is 4.74 Å². The van der Waals surface area contributed by atoms with Crippen LogP contribution in [-0.4, -0.2) is 42.7 Å². The van der Waals surface area contributed by atoms with Gasteiger partial charge in [-0.2, -0.15) is 17.5 Å². The Morgan fingerprint density at radius 3 is 2.67 bits per heavy atom. The van der Waals surface area contributed by atoms with Crippen LogP contribution in [0.3, 0.4) is 0 Å². The molecule has 0 saturated carbocycles. The SMILES string of the molecule is CCCS(=O)(=O)N1CC(Oc2ncccc2C(F)(F)F)C1. The van der Waals surface area contributed by atoms with E-state index in [9.17, 15) is 21.6 Å². The van der Waals surface area contributed by atoms with Crippen molar-refractivity contribution in [2.45, 2.75) is 25.6 Å². The van der Waals surface area contributed by atoms with E-state index in [1.807, 2.05) is 0 Å². The summed E-state index contributed by atoms with van der Waals surface area (Å²) in [7, 11) is -3.33. The van der Waals surface area contributed by atoms with Gasteiger partial charge in [-0.3, -0.25) is 0 Å². The predicted molar refractivity (Wildman–Crippen MR) is 69.3 cm³/mol. The molecule has 1 fully saturated rings. The lowest BCUT2D eigenvalue weighted by molar-refractivity contribution is -0.140. The Hall–Kier alpha value is -1.35. The summed E-state index contributed by atoms with van der Waals surface area (Å²) in [6.07, 6.45) is -3.47. The number of ether oxygens (including phenoxy) is 1. The first-order valence-electron chi connectivity index (χ1n) is 6.40. The lowest BCUT2D eigenvalue weighted by Crippen LogP contribution is -2.56. The van der Waals surface area contributed by atoms with Crippen molar-refractivity contribution in [3.63, 3.8) is 0 Å². The minimum atomic E-state index is -4.55. The molecule has 2 heterocycles. The monoisotopic (exact) mass is 324 g/mol. The van der Waals surface area contributed by atoms with Crippen molar-refractivity contribution < 1.29 is 26.3 Å². The van der Waals surface area contributed by atoms with Crippen molar-refractivity contribution >= 4 is 10.0 Å². The maximum Gasteiger partial charge on any atom is 0.421 e. The Morgan fingerprint density at radius 1 is 1.43 bits per heavy atom. The van der Waals surface area contributed by atoms with Gasteiger partial charge in [-0.15, -0.1) is 0 Å². The third-order valence-electron chi connectivity index (χ3n) is 3.02. The fourth-order valence-electron chi connectivity index (χ4n) is 1.95. The number of hydrogen-bond donors (Lipinski definition) is 0. The Labute approximate surface area is 120 Å². The molecule has 2 rings (SSSR count). The van der Waals surface area contributed by atoms with Crippen molar-refractivity contribution in [1.82, 2.24) is 9.29 Å². The summed E-state index contributed by atoms with van der Waals surface area (Å²) in [4.78, 5) is 3.58. The van der Waals surface area contributed by atoms with Gasteiger partial charge >= 0.3 is 6.18 Å². The van der Waals surface area contributed by atoms with Gasteiger partial charge in [0.15, 0.2) is 0 Å². The first-order chi connectivity index (χ1) is 9.74. The molecule has 9 heteroatoms. The van der Waals surface area contributed by atoms with E-state index in [1.165, 1.54) is 16.6 Å². The van der Waals surface area contributed by atoms with Crippen LogP contribution in [0.25, 0.3) is 0 Å². The number of halogens is 3. The van der Waals surface area contributed by atoms with Gasteiger partial charge in [-0.1, -0.05) is 6.92 Å². The molecule has 0 amide bonds. The van der Waals surface area contributed by atoms with Crippen LogP contribution in [0.2, 0.25) is 0 Å². The van der Waals surface area contributed by atoms with Gasteiger partial charge in [0.05, 0.1) is 18.8 Å². The van der Waals surface area contributed by atoms with Crippen LogP contribution in [0.5, 0.6) is 5.88 Å². The lowest BCUT2D eigenvalue weighted by atomic mass is 10.2. The third kappa shape index (κ3) is 3.65. The third-order valence-corrected chi connectivity index (χ3v) is 5.03. The van der Waals surface area contributed by atoms with Crippen molar-refractivity contribution in [1.29, 1.82) is 0 Å². The summed E-state index contributed by atoms with van der Waals surface area (Å²) >= 11 is 0. The Bertz CT molecular complexity index is 598. The average molecular weight is 324 g/mol. The fraction of sp³-hybridized carbons (Fsp3) is 0.583. The molecule has 0 bridgehead atoms. The van der Waals surface area contributed by atoms with E-state index >= 15 is 0 Å². The minimum absolute atomic E-state index is 0.0249. The van der Waals surface area contributed by atoms with Gasteiger partial charge in [-0.25, -0.2) is 13.4 Å². The van der Waals surface area contributed by atoms with Crippen molar-refractivity contribution in [2.24, 2.45) is 0 Å². The molecule has 0 unspecified atom stereocenters. The first kappa shape index (κ1) is 16.0. The molecule has 5 nitrogen and oxygen atoms in total. The van der Waals surface area contributed by atoms with E-state index in [0.717, 1.165) is 6.07 Å². The molecule has 0 aliphatic carbocycles. The largest absolute Gasteiger partial charge is 0.471 e. The van der Waals surface area contributed by atoms with Crippen molar-refractivity contribution in [2.75, 3.05) is 18.8 Å². The van der Waals surface area contributed by atoms with Gasteiger partial charge in [0, 0.05) is 6.20 Å². The predicted octanol–water partition coefficient (Wildman–Crippen LogP) is 1.90. The molecule has 0 aromatic carbocycles. The molecule has 1 aliphatic rings. The second-order valence-corrected chi connectivity index (χ2v) is 6.82. The number of sulfonamides is 1. The fourth-order valence-corrected chi connectivity index (χ4v) is 3.51. The molecule has 1 saturated heterocycles. The van der Waals surface area contributed by atoms with Crippen LogP contribution in [0.1, 0.15) is 18.9 Å². The number of hydrogen-bond acceptors (Lipinski definition) is 4. The van der Waals surface area contributed by atoms with Gasteiger partial charge in [0.2, 0.25) is 15.9 Å². The van der Waals surface area contributed by atoms with Gasteiger partial charge in [0.1, 0.15) is 11.7 Å². The zero-order chi connectivity index (χ0) is 15.7. The number of pyridine rings is 1. The molecule has 0 atom stereocenters. The molecule has 1 aromatic rings. The highest BCUT2D eigenvalue weighted by molar-refractivity contribution is 7.89. The van der Waals surface area contributed by atoms with E-state index in [0.29, 0.717) is 6.42 Å². The van der Waals surface area contributed by atoms with Crippen LogP contribution in [0, 0.1) is 0 Å². The second kappa shape index (κ2) is 5.80. The van der Waals surface area contributed by atoms with Crippen molar-refractivity contribution in [3.05, 3.63) is 23.9 Å². The van der Waals surface area contributed by atoms with Crippen LogP contribution < -0.4 is 4.74 Å². The number of nitrogens with zero attached hydrogens (tertiary/aromatic N) is 2. The molecule has 1 aromatic heterocycles. The highest BCUT2D eigenvalue weighted by Gasteiger charge is 2.40. The topological polar surface area (TPSA) is 59.5 Å². The molecule has 0 N–H and O–H groups in total. The summed E-state index contributed by atoms with van der Waals surface area (Å²) in [5.74, 6) is -0.487. The average Bonchev–Trinajstić information content (AvgIpc) is 2.32. The molecule has 0 spiro atoms. The van der Waals surface area contributed by atoms with E-state index < -0.39 is 33.7 Å². The summed E-state index contributed by atoms with van der Waals surface area (Å²) in [6.45, 7) is 1.85. The molecule has 0 radical (unpaired) electrons. The van der Waals surface area contributed by atoms with Gasteiger partial charge in [-0.05, 0) is 18.6 Å². The van der Waals surface area contributed by atoms with Crippen LogP contribution in [-0.2, 0) is 16.2 Å².